The molecule has 1 aromatic heterocycles. The van der Waals surface area contributed by atoms with Gasteiger partial charge in [-0.3, -0.25) is 14.7 Å². The van der Waals surface area contributed by atoms with Crippen molar-refractivity contribution in [3.63, 3.8) is 0 Å². The van der Waals surface area contributed by atoms with Gasteiger partial charge in [0.05, 0.1) is 5.54 Å². The molecule has 164 valence electrons. The second kappa shape index (κ2) is 8.27. The number of benzene rings is 1. The summed E-state index contributed by atoms with van der Waals surface area (Å²) < 4.78 is 0. The minimum Gasteiger partial charge on any atom is -0.371 e. The number of anilines is 1. The fourth-order valence-corrected chi connectivity index (χ4v) is 6.06. The molecule has 0 aliphatic carbocycles. The Hall–Kier alpha value is -2.40. The van der Waals surface area contributed by atoms with E-state index in [-0.39, 0.29) is 17.4 Å². The van der Waals surface area contributed by atoms with Crippen LogP contribution in [0.4, 0.5) is 5.69 Å². The highest BCUT2D eigenvalue weighted by molar-refractivity contribution is 5.78. The van der Waals surface area contributed by atoms with E-state index in [1.165, 1.54) is 53.9 Å². The van der Waals surface area contributed by atoms with Gasteiger partial charge in [-0.25, -0.2) is 0 Å². The van der Waals surface area contributed by atoms with E-state index in [9.17, 15) is 4.79 Å². The smallest absolute Gasteiger partial charge is 0.220 e. The maximum atomic E-state index is 12.4. The van der Waals surface area contributed by atoms with Crippen molar-refractivity contribution in [3.05, 3.63) is 58.9 Å². The Morgan fingerprint density at radius 2 is 1.97 bits per heavy atom. The molecule has 0 unspecified atom stereocenters. The van der Waals surface area contributed by atoms with E-state index in [0.29, 0.717) is 6.42 Å². The molecule has 4 heterocycles. The maximum absolute atomic E-state index is 12.4. The van der Waals surface area contributed by atoms with Gasteiger partial charge in [-0.1, -0.05) is 12.1 Å². The first kappa shape index (κ1) is 20.5. The zero-order valence-electron chi connectivity index (χ0n) is 18.9. The summed E-state index contributed by atoms with van der Waals surface area (Å²) >= 11 is 0. The Labute approximate surface area is 185 Å². The van der Waals surface area contributed by atoms with Crippen LogP contribution in [0.25, 0.3) is 0 Å². The van der Waals surface area contributed by atoms with Crippen LogP contribution in [0.5, 0.6) is 0 Å². The Balaban J connectivity index is 1.40. The van der Waals surface area contributed by atoms with Crippen LogP contribution in [0, 0.1) is 13.8 Å². The first-order valence-corrected chi connectivity index (χ1v) is 11.8. The van der Waals surface area contributed by atoms with E-state index in [1.54, 1.807) is 0 Å². The molecular formula is C26H34N4O. The van der Waals surface area contributed by atoms with Gasteiger partial charge in [0.25, 0.3) is 0 Å². The molecule has 3 saturated heterocycles. The number of nitrogens with one attached hydrogen (secondary N) is 1. The fourth-order valence-electron chi connectivity index (χ4n) is 6.06. The molecule has 2 aromatic rings. The van der Waals surface area contributed by atoms with Crippen LogP contribution < -0.4 is 10.2 Å². The van der Waals surface area contributed by atoms with Gasteiger partial charge in [-0.15, -0.1) is 0 Å². The van der Waals surface area contributed by atoms with Crippen molar-refractivity contribution < 1.29 is 4.79 Å². The summed E-state index contributed by atoms with van der Waals surface area (Å²) in [5, 5.41) is 3.41. The molecular weight excluding hydrogens is 384 g/mol. The van der Waals surface area contributed by atoms with Crippen molar-refractivity contribution in [2.24, 2.45) is 0 Å². The van der Waals surface area contributed by atoms with Crippen molar-refractivity contribution in [1.82, 2.24) is 15.2 Å². The number of piperidine rings is 1. The van der Waals surface area contributed by atoms with Gasteiger partial charge >= 0.3 is 0 Å². The quantitative estimate of drug-likeness (QED) is 0.817. The molecule has 5 heteroatoms. The molecule has 2 atom stereocenters. The van der Waals surface area contributed by atoms with E-state index in [4.69, 9.17) is 0 Å². The summed E-state index contributed by atoms with van der Waals surface area (Å²) in [6, 6.07) is 8.85. The van der Waals surface area contributed by atoms with E-state index in [1.807, 2.05) is 18.5 Å². The normalized spacial score (nSPS) is 26.6. The average Bonchev–Trinajstić information content (AvgIpc) is 3.41. The highest BCUT2D eigenvalue weighted by Gasteiger charge is 2.49. The predicted molar refractivity (Wildman–Crippen MR) is 124 cm³/mol. The predicted octanol–water partition coefficient (Wildman–Crippen LogP) is 3.94. The van der Waals surface area contributed by atoms with Crippen LogP contribution in [0.15, 0.2) is 36.7 Å². The lowest BCUT2D eigenvalue weighted by atomic mass is 9.77. The summed E-state index contributed by atoms with van der Waals surface area (Å²) in [5.41, 5.74) is 6.72. The number of hydrogen-bond acceptors (Lipinski definition) is 4. The Morgan fingerprint density at radius 1 is 1.13 bits per heavy atom. The van der Waals surface area contributed by atoms with Crippen LogP contribution in [0.1, 0.15) is 60.3 Å². The van der Waals surface area contributed by atoms with Crippen LogP contribution in [0.3, 0.4) is 0 Å². The molecule has 3 fully saturated rings. The number of amides is 1. The van der Waals surface area contributed by atoms with E-state index < -0.39 is 0 Å². The van der Waals surface area contributed by atoms with Gasteiger partial charge in [0.2, 0.25) is 5.91 Å². The van der Waals surface area contributed by atoms with E-state index >= 15 is 0 Å². The molecule has 3 aliphatic rings. The fraction of sp³-hybridized carbons (Fsp3) is 0.538. The number of carbonyl (C=O) groups excluding carboxylic acids is 1. The topological polar surface area (TPSA) is 48.5 Å². The third-order valence-electron chi connectivity index (χ3n) is 7.83. The summed E-state index contributed by atoms with van der Waals surface area (Å²) in [5.74, 6) is 0.486. The number of nitrogens with zero attached hydrogens (tertiary/aromatic N) is 3. The Bertz CT molecular complexity index is 953. The lowest BCUT2D eigenvalue weighted by Gasteiger charge is -2.39. The molecule has 5 rings (SSSR count). The minimum atomic E-state index is -0.170. The van der Waals surface area contributed by atoms with Crippen molar-refractivity contribution in [3.8, 4) is 0 Å². The monoisotopic (exact) mass is 418 g/mol. The van der Waals surface area contributed by atoms with Crippen LogP contribution >= 0.6 is 0 Å². The molecule has 1 N–H and O–H groups in total. The number of pyridine rings is 1. The molecule has 0 radical (unpaired) electrons. The van der Waals surface area contributed by atoms with Gasteiger partial charge in [0.1, 0.15) is 0 Å². The molecule has 31 heavy (non-hydrogen) atoms. The second-order valence-corrected chi connectivity index (χ2v) is 9.75. The molecule has 0 saturated carbocycles. The molecule has 1 amide bonds. The van der Waals surface area contributed by atoms with Crippen molar-refractivity contribution in [2.45, 2.75) is 64.0 Å². The third kappa shape index (κ3) is 3.84. The SMILES string of the molecule is Cc1c(CN2C[C@@H](c3cccnc3)[C@@]3(CCCC(=O)N3)C2)ccc(N2CCCC2)c1C. The highest BCUT2D eigenvalue weighted by atomic mass is 16.1. The molecule has 5 nitrogen and oxygen atoms in total. The number of likely N-dealkylation sites (tertiary alicyclic amines) is 1. The van der Waals surface area contributed by atoms with E-state index in [2.05, 4.69) is 52.1 Å². The summed E-state index contributed by atoms with van der Waals surface area (Å²) in [6.07, 6.45) is 9.08. The molecule has 3 aliphatic heterocycles. The van der Waals surface area contributed by atoms with Gasteiger partial charge in [0, 0.05) is 63.1 Å². The Kier molecular flexibility index (Phi) is 5.47. The van der Waals surface area contributed by atoms with Gasteiger partial charge < -0.3 is 10.2 Å². The van der Waals surface area contributed by atoms with Gasteiger partial charge in [-0.2, -0.15) is 0 Å². The third-order valence-corrected chi connectivity index (χ3v) is 7.83. The molecule has 1 aromatic carbocycles. The van der Waals surface area contributed by atoms with Crippen molar-refractivity contribution >= 4 is 11.6 Å². The second-order valence-electron chi connectivity index (χ2n) is 9.75. The first-order chi connectivity index (χ1) is 15.1. The number of aromatic nitrogens is 1. The summed E-state index contributed by atoms with van der Waals surface area (Å²) in [6.45, 7) is 9.71. The lowest BCUT2D eigenvalue weighted by Crippen LogP contribution is -2.56. The maximum Gasteiger partial charge on any atom is 0.220 e. The minimum absolute atomic E-state index is 0.170. The molecule has 1 spiro atoms. The highest BCUT2D eigenvalue weighted by Crippen LogP contribution is 2.42. The zero-order valence-corrected chi connectivity index (χ0v) is 18.9. The first-order valence-electron chi connectivity index (χ1n) is 11.8. The number of hydrogen-bond donors (Lipinski definition) is 1. The van der Waals surface area contributed by atoms with Crippen LogP contribution in [-0.2, 0) is 11.3 Å². The van der Waals surface area contributed by atoms with Crippen molar-refractivity contribution in [1.29, 1.82) is 0 Å². The number of rotatable bonds is 4. The largest absolute Gasteiger partial charge is 0.371 e. The van der Waals surface area contributed by atoms with Gasteiger partial charge in [0.15, 0.2) is 0 Å². The average molecular weight is 419 g/mol. The summed E-state index contributed by atoms with van der Waals surface area (Å²) in [4.78, 5) is 21.8. The Morgan fingerprint density at radius 3 is 2.71 bits per heavy atom. The van der Waals surface area contributed by atoms with Gasteiger partial charge in [-0.05, 0) is 73.9 Å². The van der Waals surface area contributed by atoms with Crippen LogP contribution in [0.2, 0.25) is 0 Å². The number of carbonyl (C=O) groups is 1. The van der Waals surface area contributed by atoms with Crippen LogP contribution in [-0.4, -0.2) is 47.5 Å². The zero-order chi connectivity index (χ0) is 21.4. The van der Waals surface area contributed by atoms with E-state index in [0.717, 1.165) is 32.5 Å². The standard InChI is InChI=1S/C26H34N4O/c1-19-20(2)24(30-13-3-4-14-30)10-9-22(19)16-29-17-23(21-7-6-12-27-15-21)26(18-29)11-5-8-25(31)28-26/h6-7,9-10,12,15,23H,3-5,8,11,13-14,16-18H2,1-2H3,(H,28,31)/t23-,26+/m0/s1. The lowest BCUT2D eigenvalue weighted by molar-refractivity contribution is -0.125. The molecule has 0 bridgehead atoms. The van der Waals surface area contributed by atoms with Crippen molar-refractivity contribution in [2.75, 3.05) is 31.1 Å². The summed E-state index contributed by atoms with van der Waals surface area (Å²) in [7, 11) is 0.